The molecule has 4 heteroatoms. The molecule has 0 amide bonds. The average molecular weight is 250 g/mol. The van der Waals surface area contributed by atoms with Crippen molar-refractivity contribution in [1.82, 2.24) is 4.98 Å². The van der Waals surface area contributed by atoms with E-state index in [0.717, 1.165) is 5.56 Å². The fourth-order valence-electron chi connectivity index (χ4n) is 1.51. The van der Waals surface area contributed by atoms with E-state index in [4.69, 9.17) is 11.6 Å². The molecule has 86 valence electrons. The molecule has 17 heavy (non-hydrogen) atoms. The number of ketones is 1. The van der Waals surface area contributed by atoms with Crippen molar-refractivity contribution in [3.8, 4) is 0 Å². The van der Waals surface area contributed by atoms with E-state index in [-0.39, 0.29) is 10.6 Å². The molecule has 0 bridgehead atoms. The molecule has 0 atom stereocenters. The Bertz CT molecular complexity index is 583. The molecule has 0 aliphatic carbocycles. The third-order valence-corrected chi connectivity index (χ3v) is 2.63. The van der Waals surface area contributed by atoms with Crippen LogP contribution in [0.15, 0.2) is 36.7 Å². The van der Waals surface area contributed by atoms with Crippen molar-refractivity contribution in [3.05, 3.63) is 64.2 Å². The molecule has 0 radical (unpaired) electrons. The third kappa shape index (κ3) is 2.34. The lowest BCUT2D eigenvalue weighted by Gasteiger charge is -2.04. The highest BCUT2D eigenvalue weighted by molar-refractivity contribution is 6.31. The first kappa shape index (κ1) is 11.7. The second-order valence-electron chi connectivity index (χ2n) is 3.68. The molecular weight excluding hydrogens is 241 g/mol. The number of pyridine rings is 1. The van der Waals surface area contributed by atoms with Gasteiger partial charge in [0.15, 0.2) is 11.6 Å². The Labute approximate surface area is 103 Å². The van der Waals surface area contributed by atoms with Crippen molar-refractivity contribution in [2.24, 2.45) is 0 Å². The van der Waals surface area contributed by atoms with Crippen LogP contribution in [-0.2, 0) is 0 Å². The van der Waals surface area contributed by atoms with Crippen LogP contribution >= 0.6 is 11.6 Å². The maximum atomic E-state index is 13.7. The molecule has 0 fully saturated rings. The van der Waals surface area contributed by atoms with Crippen molar-refractivity contribution >= 4 is 17.4 Å². The molecule has 0 saturated heterocycles. The zero-order chi connectivity index (χ0) is 12.4. The summed E-state index contributed by atoms with van der Waals surface area (Å²) in [6.07, 6.45) is 3.04. The second-order valence-corrected chi connectivity index (χ2v) is 4.09. The Morgan fingerprint density at radius 1 is 1.35 bits per heavy atom. The van der Waals surface area contributed by atoms with Crippen LogP contribution < -0.4 is 0 Å². The number of hydrogen-bond donors (Lipinski definition) is 0. The fraction of sp³-hybridized carbons (Fsp3) is 0.0769. The van der Waals surface area contributed by atoms with Crippen molar-refractivity contribution in [1.29, 1.82) is 0 Å². The van der Waals surface area contributed by atoms with Crippen LogP contribution in [0, 0.1) is 12.7 Å². The van der Waals surface area contributed by atoms with Gasteiger partial charge in [0, 0.05) is 18.0 Å². The van der Waals surface area contributed by atoms with Gasteiger partial charge in [-0.2, -0.15) is 0 Å². The van der Waals surface area contributed by atoms with E-state index in [1.165, 1.54) is 18.3 Å². The topological polar surface area (TPSA) is 30.0 Å². The van der Waals surface area contributed by atoms with Crippen molar-refractivity contribution in [2.45, 2.75) is 6.92 Å². The zero-order valence-corrected chi connectivity index (χ0v) is 9.83. The summed E-state index contributed by atoms with van der Waals surface area (Å²) < 4.78 is 13.7. The number of benzene rings is 1. The molecule has 0 saturated carbocycles. The molecule has 2 aromatic rings. The minimum Gasteiger partial charge on any atom is -0.288 e. The number of nitrogens with zero attached hydrogens (tertiary/aromatic N) is 1. The van der Waals surface area contributed by atoms with Gasteiger partial charge in [-0.3, -0.25) is 9.78 Å². The lowest BCUT2D eigenvalue weighted by molar-refractivity contribution is 0.103. The van der Waals surface area contributed by atoms with E-state index in [1.54, 1.807) is 18.3 Å². The molecule has 2 nitrogen and oxygen atoms in total. The fourth-order valence-corrected chi connectivity index (χ4v) is 1.69. The molecule has 1 aromatic heterocycles. The molecule has 0 unspecified atom stereocenters. The summed E-state index contributed by atoms with van der Waals surface area (Å²) in [4.78, 5) is 15.9. The van der Waals surface area contributed by atoms with Crippen LogP contribution in [0.4, 0.5) is 4.39 Å². The lowest BCUT2D eigenvalue weighted by atomic mass is 10.0. The van der Waals surface area contributed by atoms with Crippen LogP contribution in [-0.4, -0.2) is 10.8 Å². The highest BCUT2D eigenvalue weighted by Gasteiger charge is 2.16. The van der Waals surface area contributed by atoms with Crippen LogP contribution in [0.25, 0.3) is 0 Å². The third-order valence-electron chi connectivity index (χ3n) is 2.33. The highest BCUT2D eigenvalue weighted by Crippen LogP contribution is 2.20. The van der Waals surface area contributed by atoms with Gasteiger partial charge in [0.05, 0.1) is 10.6 Å². The van der Waals surface area contributed by atoms with Crippen LogP contribution in [0.3, 0.4) is 0 Å². The molecule has 0 N–H and O–H groups in total. The SMILES string of the molecule is Cc1cncc(C(=O)c2cccc(Cl)c2F)c1. The number of rotatable bonds is 2. The van der Waals surface area contributed by atoms with E-state index >= 15 is 0 Å². The first-order valence-electron chi connectivity index (χ1n) is 5.00. The summed E-state index contributed by atoms with van der Waals surface area (Å²) in [5.41, 5.74) is 1.16. The van der Waals surface area contributed by atoms with Crippen molar-refractivity contribution in [2.75, 3.05) is 0 Å². The van der Waals surface area contributed by atoms with Gasteiger partial charge in [-0.15, -0.1) is 0 Å². The van der Waals surface area contributed by atoms with E-state index < -0.39 is 11.6 Å². The Morgan fingerprint density at radius 3 is 2.82 bits per heavy atom. The van der Waals surface area contributed by atoms with Gasteiger partial charge in [-0.05, 0) is 30.7 Å². The van der Waals surface area contributed by atoms with Crippen molar-refractivity contribution < 1.29 is 9.18 Å². The molecule has 1 aromatic carbocycles. The summed E-state index contributed by atoms with van der Waals surface area (Å²) >= 11 is 5.63. The maximum Gasteiger partial charge on any atom is 0.197 e. The molecule has 0 aliphatic rings. The predicted molar refractivity (Wildman–Crippen MR) is 63.8 cm³/mol. The maximum absolute atomic E-state index is 13.7. The van der Waals surface area contributed by atoms with Crippen LogP contribution in [0.2, 0.25) is 5.02 Å². The molecule has 2 rings (SSSR count). The predicted octanol–water partition coefficient (Wildman–Crippen LogP) is 3.41. The van der Waals surface area contributed by atoms with Gasteiger partial charge in [-0.1, -0.05) is 17.7 Å². The number of aromatic nitrogens is 1. The Morgan fingerprint density at radius 2 is 2.12 bits per heavy atom. The van der Waals surface area contributed by atoms with Gasteiger partial charge in [-0.25, -0.2) is 4.39 Å². The number of carbonyl (C=O) groups excluding carboxylic acids is 1. The molecule has 1 heterocycles. The molecular formula is C13H9ClFNO. The molecule has 0 aliphatic heterocycles. The number of carbonyl (C=O) groups is 1. The van der Waals surface area contributed by atoms with Gasteiger partial charge in [0.2, 0.25) is 0 Å². The first-order chi connectivity index (χ1) is 8.09. The summed E-state index contributed by atoms with van der Waals surface area (Å²) in [6, 6.07) is 6.02. The van der Waals surface area contributed by atoms with Gasteiger partial charge >= 0.3 is 0 Å². The van der Waals surface area contributed by atoms with Gasteiger partial charge < -0.3 is 0 Å². The smallest absolute Gasteiger partial charge is 0.197 e. The van der Waals surface area contributed by atoms with E-state index in [0.29, 0.717) is 5.56 Å². The number of hydrogen-bond acceptors (Lipinski definition) is 2. The Hall–Kier alpha value is -1.74. The quantitative estimate of drug-likeness (QED) is 0.764. The summed E-state index contributed by atoms with van der Waals surface area (Å²) in [5.74, 6) is -1.11. The van der Waals surface area contributed by atoms with Crippen LogP contribution in [0.5, 0.6) is 0 Å². The second kappa shape index (κ2) is 4.63. The summed E-state index contributed by atoms with van der Waals surface area (Å²) in [7, 11) is 0. The normalized spacial score (nSPS) is 10.3. The van der Waals surface area contributed by atoms with Gasteiger partial charge in [0.25, 0.3) is 0 Å². The van der Waals surface area contributed by atoms with Crippen molar-refractivity contribution in [3.63, 3.8) is 0 Å². The molecule has 0 spiro atoms. The monoisotopic (exact) mass is 249 g/mol. The minimum atomic E-state index is -0.694. The van der Waals surface area contributed by atoms with E-state index in [1.807, 2.05) is 6.92 Å². The first-order valence-corrected chi connectivity index (χ1v) is 5.38. The Balaban J connectivity index is 2.48. The standard InChI is InChI=1S/C13H9ClFNO/c1-8-5-9(7-16-6-8)13(17)10-3-2-4-11(14)12(10)15/h2-7H,1H3. The van der Waals surface area contributed by atoms with Crippen LogP contribution in [0.1, 0.15) is 21.5 Å². The highest BCUT2D eigenvalue weighted by atomic mass is 35.5. The van der Waals surface area contributed by atoms with E-state index in [9.17, 15) is 9.18 Å². The zero-order valence-electron chi connectivity index (χ0n) is 9.08. The average Bonchev–Trinajstić information content (AvgIpc) is 2.32. The lowest BCUT2D eigenvalue weighted by Crippen LogP contribution is -2.05. The summed E-state index contributed by atoms with van der Waals surface area (Å²) in [5, 5.41) is -0.0588. The number of aryl methyl sites for hydroxylation is 1. The van der Waals surface area contributed by atoms with Gasteiger partial charge in [0.1, 0.15) is 0 Å². The Kier molecular flexibility index (Phi) is 3.20. The minimum absolute atomic E-state index is 0.0371. The largest absolute Gasteiger partial charge is 0.288 e. The summed E-state index contributed by atoms with van der Waals surface area (Å²) in [6.45, 7) is 1.82. The number of halogens is 2. The van der Waals surface area contributed by atoms with E-state index in [2.05, 4.69) is 4.98 Å².